The highest BCUT2D eigenvalue weighted by Gasteiger charge is 2.08. The van der Waals surface area contributed by atoms with E-state index >= 15 is 0 Å². The van der Waals surface area contributed by atoms with Gasteiger partial charge in [0.05, 0.1) is 13.5 Å². The third-order valence-corrected chi connectivity index (χ3v) is 2.83. The summed E-state index contributed by atoms with van der Waals surface area (Å²) in [6, 6.07) is 7.11. The Morgan fingerprint density at radius 3 is 2.52 bits per heavy atom. The Bertz CT molecular complexity index is 636. The summed E-state index contributed by atoms with van der Waals surface area (Å²) in [5.41, 5.74) is 1.49. The highest BCUT2D eigenvalue weighted by atomic mass is 16.5. The van der Waals surface area contributed by atoms with Gasteiger partial charge in [-0.05, 0) is 34.7 Å². The van der Waals surface area contributed by atoms with Gasteiger partial charge in [-0.3, -0.25) is 9.59 Å². The topological polar surface area (TPSA) is 99.0 Å². The number of benzene rings is 1. The van der Waals surface area contributed by atoms with Crippen molar-refractivity contribution in [3.63, 3.8) is 0 Å². The van der Waals surface area contributed by atoms with E-state index in [1.807, 2.05) is 12.1 Å². The lowest BCUT2D eigenvalue weighted by Gasteiger charge is -2.05. The van der Waals surface area contributed by atoms with Gasteiger partial charge in [-0.15, -0.1) is 5.10 Å². The van der Waals surface area contributed by atoms with Crippen molar-refractivity contribution < 1.29 is 14.3 Å². The van der Waals surface area contributed by atoms with E-state index in [-0.39, 0.29) is 18.7 Å². The smallest absolute Gasteiger partial charge is 0.306 e. The molecular weight excluding hydrogens is 274 g/mol. The van der Waals surface area contributed by atoms with Gasteiger partial charge in [0.25, 0.3) is 0 Å². The van der Waals surface area contributed by atoms with Gasteiger partial charge in [-0.25, -0.2) is 4.68 Å². The number of hydrogen-bond acceptors (Lipinski definition) is 6. The zero-order valence-corrected chi connectivity index (χ0v) is 11.7. The fourth-order valence-electron chi connectivity index (χ4n) is 1.72. The molecule has 1 aromatic heterocycles. The van der Waals surface area contributed by atoms with Crippen LogP contribution in [0.25, 0.3) is 11.4 Å². The maximum Gasteiger partial charge on any atom is 0.306 e. The van der Waals surface area contributed by atoms with Gasteiger partial charge in [-0.2, -0.15) is 0 Å². The summed E-state index contributed by atoms with van der Waals surface area (Å²) in [4.78, 5) is 22.6. The number of methoxy groups -OCH3 is 1. The minimum absolute atomic E-state index is 0.0605. The maximum absolute atomic E-state index is 11.6. The van der Waals surface area contributed by atoms with Crippen LogP contribution in [-0.4, -0.2) is 39.2 Å². The van der Waals surface area contributed by atoms with E-state index in [2.05, 4.69) is 25.6 Å². The molecule has 2 rings (SSSR count). The number of carbonyl (C=O) groups excluding carboxylic acids is 2. The maximum atomic E-state index is 11.6. The highest BCUT2D eigenvalue weighted by molar-refractivity contribution is 5.92. The van der Waals surface area contributed by atoms with Gasteiger partial charge < -0.3 is 10.1 Å². The van der Waals surface area contributed by atoms with Crippen molar-refractivity contribution in [3.8, 4) is 11.4 Å². The van der Waals surface area contributed by atoms with Crippen LogP contribution in [0.1, 0.15) is 12.8 Å². The largest absolute Gasteiger partial charge is 0.469 e. The number of aromatic nitrogens is 4. The Kier molecular flexibility index (Phi) is 4.60. The van der Waals surface area contributed by atoms with Crippen LogP contribution in [0.5, 0.6) is 0 Å². The molecular formula is C13H15N5O3. The van der Waals surface area contributed by atoms with Crippen molar-refractivity contribution in [1.82, 2.24) is 20.2 Å². The van der Waals surface area contributed by atoms with Gasteiger partial charge in [0.2, 0.25) is 5.91 Å². The lowest BCUT2D eigenvalue weighted by molar-refractivity contribution is -0.141. The average molecular weight is 289 g/mol. The summed E-state index contributed by atoms with van der Waals surface area (Å²) < 4.78 is 6.04. The third kappa shape index (κ3) is 3.85. The van der Waals surface area contributed by atoms with Crippen LogP contribution >= 0.6 is 0 Å². The number of rotatable bonds is 5. The van der Waals surface area contributed by atoms with E-state index in [1.165, 1.54) is 7.11 Å². The molecule has 0 radical (unpaired) electrons. The molecule has 0 saturated heterocycles. The molecule has 0 atom stereocenters. The molecule has 1 amide bonds. The second-order valence-electron chi connectivity index (χ2n) is 4.33. The van der Waals surface area contributed by atoms with Crippen molar-refractivity contribution in [2.45, 2.75) is 12.8 Å². The molecule has 0 aliphatic rings. The molecule has 8 nitrogen and oxygen atoms in total. The Balaban J connectivity index is 1.95. The normalized spacial score (nSPS) is 10.2. The van der Waals surface area contributed by atoms with Crippen LogP contribution in [0.4, 0.5) is 5.69 Å². The lowest BCUT2D eigenvalue weighted by Crippen LogP contribution is -2.13. The first-order valence-electron chi connectivity index (χ1n) is 6.29. The number of carbonyl (C=O) groups is 2. The lowest BCUT2D eigenvalue weighted by atomic mass is 10.2. The van der Waals surface area contributed by atoms with Crippen molar-refractivity contribution in [1.29, 1.82) is 0 Å². The molecule has 1 N–H and O–H groups in total. The number of aryl methyl sites for hydroxylation is 1. The first-order chi connectivity index (χ1) is 10.1. The molecule has 1 aromatic carbocycles. The SMILES string of the molecule is COC(=O)CCC(=O)Nc1ccc(-c2nnnn2C)cc1. The van der Waals surface area contributed by atoms with E-state index in [0.717, 1.165) is 5.56 Å². The number of anilines is 1. The number of nitrogens with zero attached hydrogens (tertiary/aromatic N) is 4. The summed E-state index contributed by atoms with van der Waals surface area (Å²) >= 11 is 0. The van der Waals surface area contributed by atoms with E-state index in [9.17, 15) is 9.59 Å². The molecule has 0 fully saturated rings. The second-order valence-corrected chi connectivity index (χ2v) is 4.33. The summed E-state index contributed by atoms with van der Waals surface area (Å²) in [5, 5.41) is 13.9. The number of nitrogens with one attached hydrogen (secondary N) is 1. The number of ether oxygens (including phenoxy) is 1. The van der Waals surface area contributed by atoms with Crippen molar-refractivity contribution in [3.05, 3.63) is 24.3 Å². The molecule has 0 bridgehead atoms. The first-order valence-corrected chi connectivity index (χ1v) is 6.29. The number of esters is 1. The minimum atomic E-state index is -0.407. The second kappa shape index (κ2) is 6.60. The Morgan fingerprint density at radius 2 is 1.95 bits per heavy atom. The summed E-state index contributed by atoms with van der Waals surface area (Å²) in [6.07, 6.45) is 0.145. The zero-order valence-electron chi connectivity index (χ0n) is 11.7. The molecule has 0 unspecified atom stereocenters. The summed E-state index contributed by atoms with van der Waals surface area (Å²) in [5.74, 6) is -0.0117. The van der Waals surface area contributed by atoms with Crippen LogP contribution in [-0.2, 0) is 21.4 Å². The quantitative estimate of drug-likeness (QED) is 0.816. The number of amides is 1. The van der Waals surface area contributed by atoms with E-state index in [1.54, 1.807) is 23.9 Å². The van der Waals surface area contributed by atoms with Crippen LogP contribution in [0.15, 0.2) is 24.3 Å². The fourth-order valence-corrected chi connectivity index (χ4v) is 1.72. The predicted octanol–water partition coefficient (Wildman–Crippen LogP) is 0.769. The summed E-state index contributed by atoms with van der Waals surface area (Å²) in [7, 11) is 3.04. The Hall–Kier alpha value is -2.77. The van der Waals surface area contributed by atoms with E-state index in [4.69, 9.17) is 0 Å². The fraction of sp³-hybridized carbons (Fsp3) is 0.308. The molecule has 110 valence electrons. The summed E-state index contributed by atoms with van der Waals surface area (Å²) in [6.45, 7) is 0. The molecule has 21 heavy (non-hydrogen) atoms. The zero-order chi connectivity index (χ0) is 15.2. The van der Waals surface area contributed by atoms with Gasteiger partial charge in [0.1, 0.15) is 0 Å². The highest BCUT2D eigenvalue weighted by Crippen LogP contribution is 2.18. The van der Waals surface area contributed by atoms with Gasteiger partial charge in [-0.1, -0.05) is 0 Å². The van der Waals surface area contributed by atoms with E-state index < -0.39 is 5.97 Å². The Labute approximate surface area is 121 Å². The van der Waals surface area contributed by atoms with Crippen LogP contribution in [0.2, 0.25) is 0 Å². The molecule has 2 aromatic rings. The van der Waals surface area contributed by atoms with Gasteiger partial charge >= 0.3 is 5.97 Å². The van der Waals surface area contributed by atoms with Gasteiger partial charge in [0.15, 0.2) is 5.82 Å². The van der Waals surface area contributed by atoms with Crippen LogP contribution < -0.4 is 5.32 Å². The van der Waals surface area contributed by atoms with Crippen molar-refractivity contribution in [2.75, 3.05) is 12.4 Å². The van der Waals surface area contributed by atoms with Crippen LogP contribution in [0.3, 0.4) is 0 Å². The van der Waals surface area contributed by atoms with Crippen molar-refractivity contribution in [2.24, 2.45) is 7.05 Å². The Morgan fingerprint density at radius 1 is 1.24 bits per heavy atom. The number of tetrazole rings is 1. The van der Waals surface area contributed by atoms with Crippen LogP contribution in [0, 0.1) is 0 Å². The minimum Gasteiger partial charge on any atom is -0.469 e. The average Bonchev–Trinajstić information content (AvgIpc) is 2.91. The molecule has 0 aliphatic heterocycles. The van der Waals surface area contributed by atoms with Gasteiger partial charge in [0, 0.05) is 24.7 Å². The predicted molar refractivity (Wildman–Crippen MR) is 74.1 cm³/mol. The molecule has 0 spiro atoms. The molecule has 0 saturated carbocycles. The number of hydrogen-bond donors (Lipinski definition) is 1. The van der Waals surface area contributed by atoms with Crippen molar-refractivity contribution >= 4 is 17.6 Å². The molecule has 0 aliphatic carbocycles. The van der Waals surface area contributed by atoms with E-state index in [0.29, 0.717) is 11.5 Å². The molecule has 8 heteroatoms. The third-order valence-electron chi connectivity index (χ3n) is 2.83. The first kappa shape index (κ1) is 14.6. The standard InChI is InChI=1S/C13H15N5O3/c1-18-13(15-16-17-18)9-3-5-10(6-4-9)14-11(19)7-8-12(20)21-2/h3-6H,7-8H2,1-2H3,(H,14,19). The molecule has 1 heterocycles. The monoisotopic (exact) mass is 289 g/mol.